The molecule has 80 valence electrons. The number of hydrogen-bond donors (Lipinski definition) is 3. The van der Waals surface area contributed by atoms with Crippen molar-refractivity contribution in [2.24, 2.45) is 0 Å². The zero-order valence-electron chi connectivity index (χ0n) is 8.58. The summed E-state index contributed by atoms with van der Waals surface area (Å²) in [5, 5.41) is 21.2. The number of nitrogens with one attached hydrogen (secondary N) is 1. The third kappa shape index (κ3) is 3.49. The highest BCUT2D eigenvalue weighted by atomic mass is 16.3. The normalized spacial score (nSPS) is 15.4. The smallest absolute Gasteiger partial charge is 0.117 e. The van der Waals surface area contributed by atoms with Crippen molar-refractivity contribution in [2.75, 3.05) is 13.2 Å². The van der Waals surface area contributed by atoms with Crippen LogP contribution in [0.25, 0.3) is 0 Å². The Balaban J connectivity index is 2.28. The Kier molecular flexibility index (Phi) is 3.69. The average molecular weight is 199 g/mol. The van der Waals surface area contributed by atoms with Gasteiger partial charge < -0.3 is 19.9 Å². The second kappa shape index (κ2) is 4.59. The molecule has 0 fully saturated rings. The van der Waals surface area contributed by atoms with Gasteiger partial charge in [-0.15, -0.1) is 0 Å². The first-order valence-corrected chi connectivity index (χ1v) is 4.63. The van der Waals surface area contributed by atoms with E-state index in [1.165, 1.54) is 0 Å². The lowest BCUT2D eigenvalue weighted by atomic mass is 10.1. The van der Waals surface area contributed by atoms with Crippen molar-refractivity contribution < 1.29 is 14.6 Å². The van der Waals surface area contributed by atoms with E-state index in [2.05, 4.69) is 5.32 Å². The molecule has 0 aliphatic heterocycles. The maximum absolute atomic E-state index is 9.46. The first-order chi connectivity index (χ1) is 6.53. The Hall–Kier alpha value is -0.840. The van der Waals surface area contributed by atoms with Gasteiger partial charge in [0.15, 0.2) is 0 Å². The van der Waals surface area contributed by atoms with Crippen LogP contribution in [-0.4, -0.2) is 29.0 Å². The largest absolute Gasteiger partial charge is 0.465 e. The highest BCUT2D eigenvalue weighted by molar-refractivity contribution is 5.05. The van der Waals surface area contributed by atoms with Crippen LogP contribution in [0.2, 0.25) is 0 Å². The van der Waals surface area contributed by atoms with Gasteiger partial charge in [0, 0.05) is 6.54 Å². The lowest BCUT2D eigenvalue weighted by Gasteiger charge is -2.20. The summed E-state index contributed by atoms with van der Waals surface area (Å²) >= 11 is 0. The van der Waals surface area contributed by atoms with Crippen LogP contribution in [0.1, 0.15) is 18.4 Å². The van der Waals surface area contributed by atoms with E-state index in [1.807, 2.05) is 19.1 Å². The summed E-state index contributed by atoms with van der Waals surface area (Å²) in [6, 6.07) is 3.77. The van der Waals surface area contributed by atoms with Crippen LogP contribution in [0.4, 0.5) is 0 Å². The molecule has 0 saturated heterocycles. The van der Waals surface area contributed by atoms with Crippen LogP contribution in [-0.2, 0) is 6.54 Å². The van der Waals surface area contributed by atoms with E-state index in [4.69, 9.17) is 9.52 Å². The van der Waals surface area contributed by atoms with Gasteiger partial charge in [0.25, 0.3) is 0 Å². The summed E-state index contributed by atoms with van der Waals surface area (Å²) in [5.74, 6) is 1.70. The maximum atomic E-state index is 9.46. The lowest BCUT2D eigenvalue weighted by Crippen LogP contribution is -2.40. The van der Waals surface area contributed by atoms with Gasteiger partial charge in [-0.25, -0.2) is 0 Å². The predicted octanol–water partition coefficient (Wildman–Crippen LogP) is 0.421. The van der Waals surface area contributed by atoms with E-state index >= 15 is 0 Å². The Morgan fingerprint density at radius 2 is 2.21 bits per heavy atom. The van der Waals surface area contributed by atoms with Crippen LogP contribution in [0.5, 0.6) is 0 Å². The van der Waals surface area contributed by atoms with Gasteiger partial charge >= 0.3 is 0 Å². The molecule has 1 atom stereocenters. The van der Waals surface area contributed by atoms with Gasteiger partial charge in [0.1, 0.15) is 11.5 Å². The minimum absolute atomic E-state index is 0.253. The third-order valence-electron chi connectivity index (χ3n) is 1.94. The van der Waals surface area contributed by atoms with Crippen molar-refractivity contribution in [2.45, 2.75) is 26.0 Å². The molecule has 1 aromatic heterocycles. The monoisotopic (exact) mass is 199 g/mol. The Morgan fingerprint density at radius 3 is 2.71 bits per heavy atom. The van der Waals surface area contributed by atoms with Crippen molar-refractivity contribution in [1.82, 2.24) is 5.32 Å². The minimum Gasteiger partial charge on any atom is -0.465 e. The second-order valence-corrected chi connectivity index (χ2v) is 3.77. The molecule has 0 saturated carbocycles. The van der Waals surface area contributed by atoms with Gasteiger partial charge in [-0.3, -0.25) is 0 Å². The molecule has 1 aromatic rings. The number of rotatable bonds is 5. The molecule has 1 rings (SSSR count). The van der Waals surface area contributed by atoms with Gasteiger partial charge in [0.05, 0.1) is 18.8 Å². The molecule has 0 radical (unpaired) electrons. The van der Waals surface area contributed by atoms with Crippen LogP contribution < -0.4 is 5.32 Å². The van der Waals surface area contributed by atoms with Gasteiger partial charge in [-0.05, 0) is 26.0 Å². The van der Waals surface area contributed by atoms with E-state index in [-0.39, 0.29) is 6.61 Å². The molecule has 0 amide bonds. The standard InChI is InChI=1S/C10H17NO3/c1-8-3-4-9(14-8)5-11-6-10(2,13)7-12/h3-4,11-13H,5-7H2,1-2H3. The lowest BCUT2D eigenvalue weighted by molar-refractivity contribution is 0.00227. The molecular weight excluding hydrogens is 182 g/mol. The number of furan rings is 1. The zero-order chi connectivity index (χ0) is 10.6. The molecule has 1 unspecified atom stereocenters. The topological polar surface area (TPSA) is 65.6 Å². The molecule has 14 heavy (non-hydrogen) atoms. The molecule has 4 nitrogen and oxygen atoms in total. The van der Waals surface area contributed by atoms with E-state index < -0.39 is 5.60 Å². The first-order valence-electron chi connectivity index (χ1n) is 4.63. The third-order valence-corrected chi connectivity index (χ3v) is 1.94. The van der Waals surface area contributed by atoms with E-state index in [1.54, 1.807) is 6.92 Å². The molecule has 4 heteroatoms. The predicted molar refractivity (Wildman–Crippen MR) is 52.9 cm³/mol. The first kappa shape index (κ1) is 11.2. The fourth-order valence-corrected chi connectivity index (χ4v) is 1.09. The van der Waals surface area contributed by atoms with Crippen LogP contribution >= 0.6 is 0 Å². The molecule has 0 aliphatic carbocycles. The second-order valence-electron chi connectivity index (χ2n) is 3.77. The van der Waals surface area contributed by atoms with Crippen molar-refractivity contribution >= 4 is 0 Å². The zero-order valence-corrected chi connectivity index (χ0v) is 8.58. The fourth-order valence-electron chi connectivity index (χ4n) is 1.09. The molecule has 0 aromatic carbocycles. The van der Waals surface area contributed by atoms with E-state index in [0.717, 1.165) is 11.5 Å². The summed E-state index contributed by atoms with van der Waals surface area (Å²) in [6.07, 6.45) is 0. The quantitative estimate of drug-likeness (QED) is 0.643. The Morgan fingerprint density at radius 1 is 1.50 bits per heavy atom. The fraction of sp³-hybridized carbons (Fsp3) is 0.600. The van der Waals surface area contributed by atoms with Crippen LogP contribution in [0.15, 0.2) is 16.5 Å². The van der Waals surface area contributed by atoms with Crippen molar-refractivity contribution in [3.8, 4) is 0 Å². The van der Waals surface area contributed by atoms with Gasteiger partial charge in [-0.2, -0.15) is 0 Å². The van der Waals surface area contributed by atoms with Crippen LogP contribution in [0.3, 0.4) is 0 Å². The Labute approximate surface area is 83.6 Å². The van der Waals surface area contributed by atoms with Gasteiger partial charge in [-0.1, -0.05) is 0 Å². The summed E-state index contributed by atoms with van der Waals surface area (Å²) in [6.45, 7) is 4.10. The van der Waals surface area contributed by atoms with Crippen molar-refractivity contribution in [3.63, 3.8) is 0 Å². The summed E-state index contributed by atoms with van der Waals surface area (Å²) in [4.78, 5) is 0. The molecular formula is C10H17NO3. The molecule has 0 spiro atoms. The Bertz CT molecular complexity index is 281. The molecule has 0 bridgehead atoms. The number of aryl methyl sites for hydroxylation is 1. The van der Waals surface area contributed by atoms with E-state index in [9.17, 15) is 5.11 Å². The number of aliphatic hydroxyl groups is 2. The summed E-state index contributed by atoms with van der Waals surface area (Å²) < 4.78 is 5.33. The van der Waals surface area contributed by atoms with Crippen molar-refractivity contribution in [3.05, 3.63) is 23.7 Å². The van der Waals surface area contributed by atoms with E-state index in [0.29, 0.717) is 13.1 Å². The number of hydrogen-bond acceptors (Lipinski definition) is 4. The average Bonchev–Trinajstić information content (AvgIpc) is 2.51. The number of aliphatic hydroxyl groups excluding tert-OH is 1. The highest BCUT2D eigenvalue weighted by Gasteiger charge is 2.17. The van der Waals surface area contributed by atoms with Crippen LogP contribution in [0, 0.1) is 6.92 Å². The van der Waals surface area contributed by atoms with Crippen molar-refractivity contribution in [1.29, 1.82) is 0 Å². The summed E-state index contributed by atoms with van der Waals surface area (Å²) in [7, 11) is 0. The molecule has 3 N–H and O–H groups in total. The minimum atomic E-state index is -1.07. The van der Waals surface area contributed by atoms with Gasteiger partial charge in [0.2, 0.25) is 0 Å². The SMILES string of the molecule is Cc1ccc(CNCC(C)(O)CO)o1. The molecule has 1 heterocycles. The summed E-state index contributed by atoms with van der Waals surface area (Å²) in [5.41, 5.74) is -1.07. The maximum Gasteiger partial charge on any atom is 0.117 e. The highest BCUT2D eigenvalue weighted by Crippen LogP contribution is 2.06. The molecule has 0 aliphatic rings.